The van der Waals surface area contributed by atoms with Gasteiger partial charge in [0.05, 0.1) is 6.61 Å². The summed E-state index contributed by atoms with van der Waals surface area (Å²) in [7, 11) is 2.04. The van der Waals surface area contributed by atoms with Gasteiger partial charge >= 0.3 is 0 Å². The second-order valence-electron chi connectivity index (χ2n) is 5.75. The van der Waals surface area contributed by atoms with Gasteiger partial charge in [0.2, 0.25) is 0 Å². The van der Waals surface area contributed by atoms with Crippen molar-refractivity contribution >= 4 is 0 Å². The molecule has 3 nitrogen and oxygen atoms in total. The molecule has 0 amide bonds. The van der Waals surface area contributed by atoms with E-state index in [4.69, 9.17) is 4.74 Å². The van der Waals surface area contributed by atoms with Crippen molar-refractivity contribution in [2.45, 2.75) is 39.7 Å². The lowest BCUT2D eigenvalue weighted by Crippen LogP contribution is -2.35. The van der Waals surface area contributed by atoms with E-state index in [-0.39, 0.29) is 0 Å². The third-order valence-corrected chi connectivity index (χ3v) is 4.00. The molecule has 21 heavy (non-hydrogen) atoms. The van der Waals surface area contributed by atoms with Crippen LogP contribution in [0, 0.1) is 0 Å². The molecule has 0 spiro atoms. The lowest BCUT2D eigenvalue weighted by molar-refractivity contribution is 0.111. The molecule has 0 aliphatic carbocycles. The molecule has 1 aromatic carbocycles. The molecule has 0 aliphatic rings. The number of nitrogens with zero attached hydrogens (tertiary/aromatic N) is 1. The normalized spacial score (nSPS) is 13.1. The van der Waals surface area contributed by atoms with E-state index in [0.717, 1.165) is 32.8 Å². The van der Waals surface area contributed by atoms with Crippen LogP contribution in [-0.4, -0.2) is 44.8 Å². The van der Waals surface area contributed by atoms with Crippen LogP contribution in [0.3, 0.4) is 0 Å². The Morgan fingerprint density at radius 3 is 2.19 bits per heavy atom. The molecule has 0 saturated carbocycles. The third kappa shape index (κ3) is 6.16. The van der Waals surface area contributed by atoms with E-state index in [9.17, 15) is 0 Å². The maximum Gasteiger partial charge on any atom is 0.0593 e. The number of likely N-dealkylation sites (N-methyl/N-ethyl adjacent to an activating group) is 2. The molecule has 0 radical (unpaired) electrons. The topological polar surface area (TPSA) is 24.5 Å². The fourth-order valence-electron chi connectivity index (χ4n) is 2.45. The summed E-state index contributed by atoms with van der Waals surface area (Å²) in [6.07, 6.45) is 0. The van der Waals surface area contributed by atoms with Gasteiger partial charge in [-0.1, -0.05) is 45.0 Å². The molecule has 1 N–H and O–H groups in total. The highest BCUT2D eigenvalue weighted by atomic mass is 16.5. The first-order valence-corrected chi connectivity index (χ1v) is 8.19. The summed E-state index contributed by atoms with van der Waals surface area (Å²) < 4.78 is 5.47. The maximum absolute atomic E-state index is 5.47. The Labute approximate surface area is 130 Å². The molecule has 1 rings (SSSR count). The van der Waals surface area contributed by atoms with Crippen molar-refractivity contribution in [1.29, 1.82) is 0 Å². The summed E-state index contributed by atoms with van der Waals surface area (Å²) in [5.41, 5.74) is 2.76. The molecule has 1 aromatic rings. The van der Waals surface area contributed by atoms with Crippen LogP contribution in [0.1, 0.15) is 50.8 Å². The van der Waals surface area contributed by atoms with Gasteiger partial charge in [-0.2, -0.15) is 0 Å². The van der Waals surface area contributed by atoms with Crippen LogP contribution in [0.15, 0.2) is 24.3 Å². The molecular formula is C18H32N2O. The quantitative estimate of drug-likeness (QED) is 0.669. The van der Waals surface area contributed by atoms with Crippen LogP contribution in [0.4, 0.5) is 0 Å². The zero-order valence-corrected chi connectivity index (χ0v) is 14.4. The first-order chi connectivity index (χ1) is 10.1. The fourth-order valence-corrected chi connectivity index (χ4v) is 2.45. The summed E-state index contributed by atoms with van der Waals surface area (Å²) in [6, 6.07) is 9.38. The number of hydrogen-bond acceptors (Lipinski definition) is 3. The second kappa shape index (κ2) is 9.93. The summed E-state index contributed by atoms with van der Waals surface area (Å²) >= 11 is 0. The summed E-state index contributed by atoms with van der Waals surface area (Å²) in [5, 5.41) is 3.44. The number of hydrogen-bond donors (Lipinski definition) is 1. The Balaban J connectivity index is 2.63. The van der Waals surface area contributed by atoms with Gasteiger partial charge < -0.3 is 10.1 Å². The van der Waals surface area contributed by atoms with Gasteiger partial charge in [-0.25, -0.2) is 0 Å². The minimum absolute atomic E-state index is 0.368. The van der Waals surface area contributed by atoms with E-state index < -0.39 is 0 Å². The number of nitrogens with one attached hydrogen (secondary N) is 1. The van der Waals surface area contributed by atoms with Gasteiger partial charge in [-0.3, -0.25) is 4.90 Å². The molecule has 3 heteroatoms. The van der Waals surface area contributed by atoms with E-state index in [0.29, 0.717) is 12.0 Å². The lowest BCUT2D eigenvalue weighted by atomic mass is 9.99. The largest absolute Gasteiger partial charge is 0.380 e. The predicted octanol–water partition coefficient (Wildman–Crippen LogP) is 3.43. The Morgan fingerprint density at radius 1 is 1.10 bits per heavy atom. The van der Waals surface area contributed by atoms with Crippen molar-refractivity contribution in [3.05, 3.63) is 35.4 Å². The van der Waals surface area contributed by atoms with Crippen LogP contribution in [0.25, 0.3) is 0 Å². The lowest BCUT2D eigenvalue weighted by Gasteiger charge is -2.26. The van der Waals surface area contributed by atoms with Crippen molar-refractivity contribution in [3.8, 4) is 0 Å². The summed E-state index contributed by atoms with van der Waals surface area (Å²) in [5.74, 6) is 0.588. The van der Waals surface area contributed by atoms with Gasteiger partial charge in [0, 0.05) is 25.7 Å². The monoisotopic (exact) mass is 292 g/mol. The van der Waals surface area contributed by atoms with E-state index in [1.165, 1.54) is 11.1 Å². The van der Waals surface area contributed by atoms with Crippen LogP contribution >= 0.6 is 0 Å². The van der Waals surface area contributed by atoms with Crippen LogP contribution < -0.4 is 5.32 Å². The Bertz CT molecular complexity index is 375. The SMILES string of the molecule is CCOCCN(CC)CC(NC)c1ccc(C(C)C)cc1. The second-order valence-corrected chi connectivity index (χ2v) is 5.75. The van der Waals surface area contributed by atoms with Gasteiger partial charge in [-0.05, 0) is 37.6 Å². The fraction of sp³-hybridized carbons (Fsp3) is 0.667. The average molecular weight is 292 g/mol. The highest BCUT2D eigenvalue weighted by Gasteiger charge is 2.13. The highest BCUT2D eigenvalue weighted by Crippen LogP contribution is 2.19. The highest BCUT2D eigenvalue weighted by molar-refractivity contribution is 5.27. The molecule has 0 fully saturated rings. The number of benzene rings is 1. The van der Waals surface area contributed by atoms with Crippen molar-refractivity contribution in [1.82, 2.24) is 10.2 Å². The summed E-state index contributed by atoms with van der Waals surface area (Å²) in [4.78, 5) is 2.44. The molecule has 1 atom stereocenters. The van der Waals surface area contributed by atoms with Crippen molar-refractivity contribution in [2.75, 3.05) is 39.9 Å². The van der Waals surface area contributed by atoms with Crippen LogP contribution in [0.2, 0.25) is 0 Å². The Kier molecular flexibility index (Phi) is 8.58. The molecule has 0 saturated heterocycles. The smallest absolute Gasteiger partial charge is 0.0593 e. The zero-order valence-electron chi connectivity index (χ0n) is 14.4. The number of rotatable bonds is 10. The maximum atomic E-state index is 5.47. The molecule has 0 aromatic heterocycles. The van der Waals surface area contributed by atoms with Crippen molar-refractivity contribution in [2.24, 2.45) is 0 Å². The van der Waals surface area contributed by atoms with Gasteiger partial charge in [-0.15, -0.1) is 0 Å². The molecule has 0 heterocycles. The molecule has 0 aliphatic heterocycles. The van der Waals surface area contributed by atoms with Crippen molar-refractivity contribution < 1.29 is 4.74 Å². The average Bonchev–Trinajstić information content (AvgIpc) is 2.51. The van der Waals surface area contributed by atoms with Crippen molar-refractivity contribution in [3.63, 3.8) is 0 Å². The van der Waals surface area contributed by atoms with Gasteiger partial charge in [0.25, 0.3) is 0 Å². The number of ether oxygens (including phenoxy) is 1. The van der Waals surface area contributed by atoms with E-state index in [2.05, 4.69) is 55.3 Å². The Morgan fingerprint density at radius 2 is 1.71 bits per heavy atom. The minimum atomic E-state index is 0.368. The van der Waals surface area contributed by atoms with Crippen LogP contribution in [0.5, 0.6) is 0 Å². The first kappa shape index (κ1) is 18.1. The van der Waals surface area contributed by atoms with E-state index in [1.54, 1.807) is 0 Å². The van der Waals surface area contributed by atoms with Crippen LogP contribution in [-0.2, 0) is 4.74 Å². The van der Waals surface area contributed by atoms with E-state index >= 15 is 0 Å². The third-order valence-electron chi connectivity index (χ3n) is 4.00. The summed E-state index contributed by atoms with van der Waals surface area (Å²) in [6.45, 7) is 13.4. The van der Waals surface area contributed by atoms with Gasteiger partial charge in [0.1, 0.15) is 0 Å². The molecular weight excluding hydrogens is 260 g/mol. The minimum Gasteiger partial charge on any atom is -0.380 e. The predicted molar refractivity (Wildman–Crippen MR) is 90.9 cm³/mol. The standard InChI is InChI=1S/C18H32N2O/c1-6-20(12-13-21-7-2)14-18(19-5)17-10-8-16(9-11-17)15(3)4/h8-11,15,18-19H,6-7,12-14H2,1-5H3. The zero-order chi connectivity index (χ0) is 15.7. The molecule has 0 bridgehead atoms. The molecule has 1 unspecified atom stereocenters. The van der Waals surface area contributed by atoms with E-state index in [1.807, 2.05) is 14.0 Å². The Hall–Kier alpha value is -0.900. The molecule has 120 valence electrons. The van der Waals surface area contributed by atoms with Gasteiger partial charge in [0.15, 0.2) is 0 Å². The first-order valence-electron chi connectivity index (χ1n) is 8.19.